The quantitative estimate of drug-likeness (QED) is 0.236. The van der Waals surface area contributed by atoms with E-state index in [1.54, 1.807) is 0 Å². The van der Waals surface area contributed by atoms with Crippen LogP contribution >= 0.6 is 0 Å². The molecule has 1 nitrogen and oxygen atoms in total. The summed E-state index contributed by atoms with van der Waals surface area (Å²) in [6.07, 6.45) is 19.8. The molecule has 0 radical (unpaired) electrons. The number of allylic oxidation sites excluding steroid dienone is 8. The summed E-state index contributed by atoms with van der Waals surface area (Å²) in [6, 6.07) is 0. The third kappa shape index (κ3) is 17.0. The Labute approximate surface area is 150 Å². The summed E-state index contributed by atoms with van der Waals surface area (Å²) in [6.45, 7) is 2.20. The fourth-order valence-electron chi connectivity index (χ4n) is 2.08. The maximum Gasteiger partial charge on any atom is 0.449 e. The van der Waals surface area contributed by atoms with Crippen molar-refractivity contribution in [3.63, 3.8) is 0 Å². The molecule has 0 heterocycles. The van der Waals surface area contributed by atoms with Gasteiger partial charge in [0.25, 0.3) is 0 Å². The number of Topliss-reactive ketones (excluding diaryl/α,β-unsaturated/α-hetero) is 1. The fourth-order valence-corrected chi connectivity index (χ4v) is 2.08. The molecule has 0 aromatic carbocycles. The molecule has 0 aliphatic heterocycles. The number of rotatable bonds is 14. The van der Waals surface area contributed by atoms with Gasteiger partial charge in [0, 0.05) is 6.42 Å². The van der Waals surface area contributed by atoms with Crippen molar-refractivity contribution < 1.29 is 18.0 Å². The molecule has 0 unspecified atom stereocenters. The molecule has 0 spiro atoms. The predicted octanol–water partition coefficient (Wildman–Crippen LogP) is 7.26. The van der Waals surface area contributed by atoms with E-state index in [0.717, 1.165) is 25.7 Å². The smallest absolute Gasteiger partial charge is 0.290 e. The molecule has 0 atom stereocenters. The van der Waals surface area contributed by atoms with Gasteiger partial charge in [0.05, 0.1) is 0 Å². The van der Waals surface area contributed by atoms with Gasteiger partial charge in [0.1, 0.15) is 0 Å². The maximum atomic E-state index is 12.0. The lowest BCUT2D eigenvalue weighted by atomic mass is 10.1. The number of carbonyl (C=O) groups is 1. The highest BCUT2D eigenvalue weighted by Gasteiger charge is 2.36. The number of ketones is 1. The van der Waals surface area contributed by atoms with E-state index in [-0.39, 0.29) is 6.42 Å². The summed E-state index contributed by atoms with van der Waals surface area (Å²) in [4.78, 5) is 10.7. The lowest BCUT2D eigenvalue weighted by Crippen LogP contribution is -2.22. The lowest BCUT2D eigenvalue weighted by molar-refractivity contribution is -0.171. The van der Waals surface area contributed by atoms with E-state index in [9.17, 15) is 18.0 Å². The van der Waals surface area contributed by atoms with E-state index in [2.05, 4.69) is 37.3 Å². The normalized spacial score (nSPS) is 13.1. The van der Waals surface area contributed by atoms with Gasteiger partial charge in [-0.1, -0.05) is 68.4 Å². The van der Waals surface area contributed by atoms with Crippen molar-refractivity contribution in [3.8, 4) is 0 Å². The van der Waals surface area contributed by atoms with Gasteiger partial charge in [-0.15, -0.1) is 0 Å². The molecule has 0 rings (SSSR count). The number of unbranched alkanes of at least 4 members (excludes halogenated alkanes) is 4. The number of alkyl halides is 3. The van der Waals surface area contributed by atoms with Gasteiger partial charge in [0.2, 0.25) is 5.78 Å². The largest absolute Gasteiger partial charge is 0.449 e. The minimum atomic E-state index is -4.69. The number of hydrogen-bond donors (Lipinski definition) is 0. The van der Waals surface area contributed by atoms with Crippen molar-refractivity contribution in [2.45, 2.75) is 77.3 Å². The molecule has 4 heteroatoms. The molecule has 0 saturated heterocycles. The first-order valence-electron chi connectivity index (χ1n) is 9.18. The van der Waals surface area contributed by atoms with Gasteiger partial charge < -0.3 is 0 Å². The average Bonchev–Trinajstić information content (AvgIpc) is 2.56. The van der Waals surface area contributed by atoms with Crippen LogP contribution in [0.25, 0.3) is 0 Å². The van der Waals surface area contributed by atoms with Crippen molar-refractivity contribution in [1.82, 2.24) is 0 Å². The summed E-state index contributed by atoms with van der Waals surface area (Å²) >= 11 is 0. The van der Waals surface area contributed by atoms with Crippen molar-refractivity contribution in [1.29, 1.82) is 0 Å². The Balaban J connectivity index is 3.54. The van der Waals surface area contributed by atoms with Gasteiger partial charge >= 0.3 is 6.18 Å². The third-order valence-electron chi connectivity index (χ3n) is 3.55. The first-order valence-corrected chi connectivity index (χ1v) is 9.18. The molecule has 0 saturated carbocycles. The Morgan fingerprint density at radius 3 is 1.60 bits per heavy atom. The average molecular weight is 356 g/mol. The highest BCUT2D eigenvalue weighted by molar-refractivity contribution is 5.83. The van der Waals surface area contributed by atoms with Crippen LogP contribution in [-0.2, 0) is 4.79 Å². The maximum absolute atomic E-state index is 12.0. The Morgan fingerprint density at radius 1 is 0.720 bits per heavy atom. The van der Waals surface area contributed by atoms with Gasteiger partial charge in [-0.05, 0) is 44.9 Å². The van der Waals surface area contributed by atoms with Crippen LogP contribution in [0.1, 0.15) is 71.1 Å². The summed E-state index contributed by atoms with van der Waals surface area (Å²) in [5, 5.41) is 0. The minimum Gasteiger partial charge on any atom is -0.290 e. The second-order valence-electron chi connectivity index (χ2n) is 5.90. The van der Waals surface area contributed by atoms with E-state index in [4.69, 9.17) is 0 Å². The molecular formula is C21H31F3O. The second kappa shape index (κ2) is 15.9. The van der Waals surface area contributed by atoms with Crippen LogP contribution in [0.5, 0.6) is 0 Å². The third-order valence-corrected chi connectivity index (χ3v) is 3.55. The first kappa shape index (κ1) is 23.4. The van der Waals surface area contributed by atoms with E-state index >= 15 is 0 Å². The Bertz CT molecular complexity index is 443. The zero-order valence-corrected chi connectivity index (χ0v) is 15.2. The van der Waals surface area contributed by atoms with Crippen molar-refractivity contribution >= 4 is 5.78 Å². The van der Waals surface area contributed by atoms with E-state index in [1.807, 2.05) is 18.2 Å². The SMILES string of the molecule is CCCCCC=CCC=CCC=CCC=CCCCC(=O)C(F)(F)F. The van der Waals surface area contributed by atoms with E-state index < -0.39 is 18.4 Å². The molecule has 0 N–H and O–H groups in total. The summed E-state index contributed by atoms with van der Waals surface area (Å²) < 4.78 is 35.9. The van der Waals surface area contributed by atoms with Crippen LogP contribution in [0.4, 0.5) is 13.2 Å². The van der Waals surface area contributed by atoms with Gasteiger partial charge in [-0.25, -0.2) is 0 Å². The van der Waals surface area contributed by atoms with Crippen LogP contribution in [0.3, 0.4) is 0 Å². The Kier molecular flexibility index (Phi) is 14.9. The Morgan fingerprint density at radius 2 is 1.16 bits per heavy atom. The zero-order valence-electron chi connectivity index (χ0n) is 15.2. The van der Waals surface area contributed by atoms with Gasteiger partial charge in [-0.2, -0.15) is 13.2 Å². The zero-order chi connectivity index (χ0) is 18.8. The molecule has 142 valence electrons. The standard InChI is InChI=1S/C21H31F3O/c1-2-3-4-5-6-7-8-9-10-11-12-13-14-15-16-17-18-19-20(25)21(22,23)24/h6-7,9-10,12-13,15-16H,2-5,8,11,14,17-19H2,1H3. The Hall–Kier alpha value is -1.58. The molecule has 0 aromatic heterocycles. The van der Waals surface area contributed by atoms with E-state index in [1.165, 1.54) is 19.3 Å². The summed E-state index contributed by atoms with van der Waals surface area (Å²) in [5.74, 6) is -1.64. The molecule has 0 aliphatic rings. The molecule has 25 heavy (non-hydrogen) atoms. The van der Waals surface area contributed by atoms with Gasteiger partial charge in [0.15, 0.2) is 0 Å². The van der Waals surface area contributed by atoms with Crippen molar-refractivity contribution in [3.05, 3.63) is 48.6 Å². The molecular weight excluding hydrogens is 325 g/mol. The van der Waals surface area contributed by atoms with Crippen LogP contribution in [0, 0.1) is 0 Å². The number of hydrogen-bond acceptors (Lipinski definition) is 1. The summed E-state index contributed by atoms with van der Waals surface area (Å²) in [5.41, 5.74) is 0. The van der Waals surface area contributed by atoms with E-state index in [0.29, 0.717) is 6.42 Å². The molecule has 0 amide bonds. The molecule has 0 aromatic rings. The van der Waals surface area contributed by atoms with Gasteiger partial charge in [-0.3, -0.25) is 4.79 Å². The molecule has 0 aliphatic carbocycles. The first-order chi connectivity index (χ1) is 12.0. The van der Waals surface area contributed by atoms with Crippen molar-refractivity contribution in [2.75, 3.05) is 0 Å². The summed E-state index contributed by atoms with van der Waals surface area (Å²) in [7, 11) is 0. The van der Waals surface area contributed by atoms with Crippen LogP contribution in [0.2, 0.25) is 0 Å². The van der Waals surface area contributed by atoms with Crippen molar-refractivity contribution in [2.24, 2.45) is 0 Å². The van der Waals surface area contributed by atoms with Crippen LogP contribution in [-0.4, -0.2) is 12.0 Å². The molecule has 0 fully saturated rings. The predicted molar refractivity (Wildman–Crippen MR) is 99.5 cm³/mol. The van der Waals surface area contributed by atoms with Crippen LogP contribution in [0.15, 0.2) is 48.6 Å². The number of carbonyl (C=O) groups excluding carboxylic acids is 1. The monoisotopic (exact) mass is 356 g/mol. The second-order valence-corrected chi connectivity index (χ2v) is 5.90. The lowest BCUT2D eigenvalue weighted by Gasteiger charge is -2.02. The molecule has 0 bridgehead atoms. The number of halogens is 3. The highest BCUT2D eigenvalue weighted by atomic mass is 19.4. The highest BCUT2D eigenvalue weighted by Crippen LogP contribution is 2.19. The van der Waals surface area contributed by atoms with Crippen LogP contribution < -0.4 is 0 Å². The minimum absolute atomic E-state index is 0.243. The topological polar surface area (TPSA) is 17.1 Å². The fraction of sp³-hybridized carbons (Fsp3) is 0.571.